The Labute approximate surface area is 188 Å². The molecule has 0 bridgehead atoms. The third-order valence-corrected chi connectivity index (χ3v) is 5.46. The van der Waals surface area contributed by atoms with Crippen LogP contribution >= 0.6 is 0 Å². The van der Waals surface area contributed by atoms with Crippen molar-refractivity contribution in [1.82, 2.24) is 20.2 Å². The van der Waals surface area contributed by atoms with Crippen molar-refractivity contribution in [2.75, 3.05) is 29.9 Å². The number of carbonyl (C=O) groups excluding carboxylic acids is 1. The molecule has 0 spiro atoms. The Kier molecular flexibility index (Phi) is 5.71. The van der Waals surface area contributed by atoms with Crippen molar-refractivity contribution in [2.45, 2.75) is 12.8 Å². The van der Waals surface area contributed by atoms with Gasteiger partial charge in [0.25, 0.3) is 5.91 Å². The quantitative estimate of drug-likeness (QED) is 0.447. The second kappa shape index (κ2) is 9.11. The number of alkyl halides is 1. The lowest BCUT2D eigenvalue weighted by molar-refractivity contribution is 0.0421. The lowest BCUT2D eigenvalue weighted by Gasteiger charge is -2.38. The van der Waals surface area contributed by atoms with E-state index in [9.17, 15) is 9.18 Å². The van der Waals surface area contributed by atoms with E-state index < -0.39 is 6.30 Å². The minimum atomic E-state index is -1.40. The van der Waals surface area contributed by atoms with Crippen LogP contribution in [0.2, 0.25) is 0 Å². The van der Waals surface area contributed by atoms with Gasteiger partial charge in [-0.1, -0.05) is 22.4 Å². The van der Waals surface area contributed by atoms with Crippen molar-refractivity contribution >= 4 is 17.4 Å². The summed E-state index contributed by atoms with van der Waals surface area (Å²) in [6.45, 7) is 1.36. The summed E-state index contributed by atoms with van der Waals surface area (Å²) >= 11 is 0. The zero-order valence-electron chi connectivity index (χ0n) is 17.6. The second-order valence-corrected chi connectivity index (χ2v) is 7.58. The first-order valence-corrected chi connectivity index (χ1v) is 10.5. The Morgan fingerprint density at radius 2 is 2.03 bits per heavy atom. The van der Waals surface area contributed by atoms with Crippen molar-refractivity contribution in [3.8, 4) is 11.3 Å². The van der Waals surface area contributed by atoms with Gasteiger partial charge in [-0.05, 0) is 24.3 Å². The summed E-state index contributed by atoms with van der Waals surface area (Å²) in [5, 5.41) is 11.0. The number of aromatic nitrogens is 3. The van der Waals surface area contributed by atoms with Crippen LogP contribution in [0, 0.1) is 0 Å². The highest BCUT2D eigenvalue weighted by atomic mass is 19.1. The molecule has 4 aromatic rings. The SMILES string of the molecule is O=C(c1cccnc1)N1CCN(c2ccc(-c3cc(CNc4ccon4)on3)cc2)CC1F. The smallest absolute Gasteiger partial charge is 0.257 e. The van der Waals surface area contributed by atoms with Crippen molar-refractivity contribution < 1.29 is 18.2 Å². The fraction of sp³-hybridized carbons (Fsp3) is 0.217. The molecule has 10 heteroatoms. The summed E-state index contributed by atoms with van der Waals surface area (Å²) in [4.78, 5) is 19.7. The zero-order valence-corrected chi connectivity index (χ0v) is 17.6. The number of nitrogens with zero attached hydrogens (tertiary/aromatic N) is 5. The lowest BCUT2D eigenvalue weighted by atomic mass is 10.1. The second-order valence-electron chi connectivity index (χ2n) is 7.58. The van der Waals surface area contributed by atoms with Crippen LogP contribution in [0.5, 0.6) is 0 Å². The number of benzene rings is 1. The van der Waals surface area contributed by atoms with Crippen LogP contribution in [-0.4, -0.2) is 52.0 Å². The number of pyridine rings is 1. The number of nitrogens with one attached hydrogen (secondary N) is 1. The van der Waals surface area contributed by atoms with Gasteiger partial charge in [0, 0.05) is 48.9 Å². The van der Waals surface area contributed by atoms with E-state index in [0.29, 0.717) is 42.5 Å². The minimum Gasteiger partial charge on any atom is -0.365 e. The third-order valence-electron chi connectivity index (χ3n) is 5.46. The molecule has 0 saturated carbocycles. The van der Waals surface area contributed by atoms with Crippen molar-refractivity contribution in [3.05, 3.63) is 78.5 Å². The molecule has 5 rings (SSSR count). The van der Waals surface area contributed by atoms with Gasteiger partial charge >= 0.3 is 0 Å². The number of carbonyl (C=O) groups is 1. The van der Waals surface area contributed by atoms with Gasteiger partial charge in [0.15, 0.2) is 17.9 Å². The van der Waals surface area contributed by atoms with Crippen molar-refractivity contribution in [3.63, 3.8) is 0 Å². The average molecular weight is 448 g/mol. The number of halogens is 1. The van der Waals surface area contributed by atoms with E-state index in [0.717, 1.165) is 11.3 Å². The highest BCUT2D eigenvalue weighted by Gasteiger charge is 2.31. The Morgan fingerprint density at radius 1 is 1.15 bits per heavy atom. The number of amides is 1. The van der Waals surface area contributed by atoms with Crippen LogP contribution in [0.25, 0.3) is 11.3 Å². The third kappa shape index (κ3) is 4.54. The number of piperazine rings is 1. The maximum Gasteiger partial charge on any atom is 0.257 e. The molecule has 1 aliphatic heterocycles. The molecule has 1 saturated heterocycles. The number of anilines is 2. The summed E-state index contributed by atoms with van der Waals surface area (Å²) in [6.07, 6.45) is 3.13. The van der Waals surface area contributed by atoms with Gasteiger partial charge in [-0.15, -0.1) is 0 Å². The average Bonchev–Trinajstić information content (AvgIpc) is 3.55. The molecule has 4 heterocycles. The Hall–Kier alpha value is -4.21. The first-order chi connectivity index (χ1) is 16.2. The Balaban J connectivity index is 1.20. The van der Waals surface area contributed by atoms with E-state index >= 15 is 0 Å². The van der Waals surface area contributed by atoms with E-state index in [1.807, 2.05) is 35.2 Å². The molecule has 1 unspecified atom stereocenters. The highest BCUT2D eigenvalue weighted by molar-refractivity contribution is 5.94. The molecule has 3 aromatic heterocycles. The zero-order chi connectivity index (χ0) is 22.6. The number of hydrogen-bond donors (Lipinski definition) is 1. The van der Waals surface area contributed by atoms with Gasteiger partial charge in [0.1, 0.15) is 12.0 Å². The van der Waals surface area contributed by atoms with Crippen LogP contribution < -0.4 is 10.2 Å². The summed E-state index contributed by atoms with van der Waals surface area (Å²) in [5.41, 5.74) is 2.86. The fourth-order valence-electron chi connectivity index (χ4n) is 3.72. The van der Waals surface area contributed by atoms with Gasteiger partial charge in [-0.2, -0.15) is 0 Å². The van der Waals surface area contributed by atoms with Crippen LogP contribution in [0.15, 0.2) is 76.2 Å². The summed E-state index contributed by atoms with van der Waals surface area (Å²) in [7, 11) is 0. The van der Waals surface area contributed by atoms with Crippen molar-refractivity contribution in [1.29, 1.82) is 0 Å². The molecule has 9 nitrogen and oxygen atoms in total. The molecule has 168 valence electrons. The summed E-state index contributed by atoms with van der Waals surface area (Å²) < 4.78 is 25.0. The molecular weight excluding hydrogens is 427 g/mol. The standard InChI is InChI=1S/C23H21FN6O3/c24-21-15-29(9-10-30(21)23(31)17-2-1-8-25-13-17)18-5-3-16(4-6-18)20-12-19(33-27-20)14-26-22-7-11-32-28-22/h1-8,11-13,21H,9-10,14-15H2,(H,26,28). The highest BCUT2D eigenvalue weighted by Crippen LogP contribution is 2.26. The maximum atomic E-state index is 14.8. The Morgan fingerprint density at radius 3 is 2.76 bits per heavy atom. The number of rotatable bonds is 6. The molecule has 1 aliphatic rings. The van der Waals surface area contributed by atoms with Crippen LogP contribution in [0.4, 0.5) is 15.9 Å². The topological polar surface area (TPSA) is 101 Å². The molecule has 1 N–H and O–H groups in total. The van der Waals surface area contributed by atoms with Crippen LogP contribution in [0.1, 0.15) is 16.1 Å². The largest absolute Gasteiger partial charge is 0.365 e. The van der Waals surface area contributed by atoms with Gasteiger partial charge < -0.3 is 24.2 Å². The molecule has 1 aromatic carbocycles. The monoisotopic (exact) mass is 448 g/mol. The summed E-state index contributed by atoms with van der Waals surface area (Å²) in [6, 6.07) is 14.6. The lowest BCUT2D eigenvalue weighted by Crippen LogP contribution is -2.53. The van der Waals surface area contributed by atoms with E-state index in [-0.39, 0.29) is 12.5 Å². The molecule has 1 amide bonds. The first kappa shape index (κ1) is 20.7. The van der Waals surface area contributed by atoms with Gasteiger partial charge in [-0.3, -0.25) is 9.78 Å². The van der Waals surface area contributed by atoms with E-state index in [1.54, 1.807) is 24.4 Å². The Bertz CT molecular complexity index is 1200. The van der Waals surface area contributed by atoms with Crippen LogP contribution in [-0.2, 0) is 6.54 Å². The first-order valence-electron chi connectivity index (χ1n) is 10.5. The molecule has 0 aliphatic carbocycles. The minimum absolute atomic E-state index is 0.104. The molecule has 1 fully saturated rings. The molecule has 33 heavy (non-hydrogen) atoms. The maximum absolute atomic E-state index is 14.8. The predicted molar refractivity (Wildman–Crippen MR) is 118 cm³/mol. The molecule has 1 atom stereocenters. The van der Waals surface area contributed by atoms with E-state index in [1.165, 1.54) is 17.4 Å². The van der Waals surface area contributed by atoms with Crippen molar-refractivity contribution in [2.24, 2.45) is 0 Å². The van der Waals surface area contributed by atoms with E-state index in [4.69, 9.17) is 9.05 Å². The fourth-order valence-corrected chi connectivity index (χ4v) is 3.72. The van der Waals surface area contributed by atoms with Crippen LogP contribution in [0.3, 0.4) is 0 Å². The summed E-state index contributed by atoms with van der Waals surface area (Å²) in [5.74, 6) is 0.933. The van der Waals surface area contributed by atoms with Gasteiger partial charge in [0.05, 0.1) is 18.7 Å². The molecule has 0 radical (unpaired) electrons. The predicted octanol–water partition coefficient (Wildman–Crippen LogP) is 3.59. The normalized spacial score (nSPS) is 16.1. The molecular formula is C23H21FN6O3. The van der Waals surface area contributed by atoms with Gasteiger partial charge in [0.2, 0.25) is 0 Å². The van der Waals surface area contributed by atoms with E-state index in [2.05, 4.69) is 20.6 Å². The van der Waals surface area contributed by atoms with Gasteiger partial charge in [-0.25, -0.2) is 4.39 Å². The number of hydrogen-bond acceptors (Lipinski definition) is 8.